The van der Waals surface area contributed by atoms with Crippen LogP contribution in [0.3, 0.4) is 0 Å². The van der Waals surface area contributed by atoms with Crippen molar-refractivity contribution in [3.05, 3.63) is 0 Å². The lowest BCUT2D eigenvalue weighted by Crippen LogP contribution is -2.48. The monoisotopic (exact) mass is 427 g/mol. The first-order valence-corrected chi connectivity index (χ1v) is 11.2. The maximum absolute atomic E-state index is 12.0. The van der Waals surface area contributed by atoms with Gasteiger partial charge in [-0.1, -0.05) is 0 Å². The zero-order valence-electron chi connectivity index (χ0n) is 19.1. The summed E-state index contributed by atoms with van der Waals surface area (Å²) in [6, 6.07) is 0. The predicted molar refractivity (Wildman–Crippen MR) is 118 cm³/mol. The second-order valence-electron chi connectivity index (χ2n) is 8.07. The fourth-order valence-electron chi connectivity index (χ4n) is 3.57. The van der Waals surface area contributed by atoms with Crippen LogP contribution < -0.4 is 5.32 Å². The van der Waals surface area contributed by atoms with Gasteiger partial charge in [-0.05, 0) is 32.2 Å². The minimum absolute atomic E-state index is 0.0129. The molecule has 1 N–H and O–H groups in total. The smallest absolute Gasteiger partial charge is 0.243 e. The van der Waals surface area contributed by atoms with Crippen LogP contribution in [0, 0.1) is 0 Å². The van der Waals surface area contributed by atoms with E-state index in [1.165, 1.54) is 0 Å². The normalized spacial score (nSPS) is 19.2. The highest BCUT2D eigenvalue weighted by molar-refractivity contribution is 5.84. The topological polar surface area (TPSA) is 78.9 Å². The van der Waals surface area contributed by atoms with Gasteiger partial charge in [-0.2, -0.15) is 0 Å². The first-order valence-electron chi connectivity index (χ1n) is 11.2. The number of aliphatic imine (C=N–C) groups is 1. The van der Waals surface area contributed by atoms with Crippen molar-refractivity contribution in [2.75, 3.05) is 93.4 Å². The molecule has 0 atom stereocenters. The van der Waals surface area contributed by atoms with Crippen LogP contribution in [-0.2, 0) is 19.0 Å². The van der Waals surface area contributed by atoms with Crippen LogP contribution in [0.15, 0.2) is 4.99 Å². The van der Waals surface area contributed by atoms with E-state index in [1.54, 1.807) is 26.1 Å². The van der Waals surface area contributed by atoms with E-state index in [-0.39, 0.29) is 12.5 Å². The van der Waals surface area contributed by atoms with E-state index in [0.29, 0.717) is 6.10 Å². The minimum atomic E-state index is 0.0129. The number of likely N-dealkylation sites (tertiary alicyclic amines) is 1. The molecule has 2 heterocycles. The van der Waals surface area contributed by atoms with Crippen LogP contribution in [0.25, 0.3) is 0 Å². The molecule has 0 aliphatic carbocycles. The van der Waals surface area contributed by atoms with Crippen molar-refractivity contribution < 1.29 is 19.0 Å². The summed E-state index contributed by atoms with van der Waals surface area (Å²) >= 11 is 0. The molecule has 0 bridgehead atoms. The largest absolute Gasteiger partial charge is 0.385 e. The number of carbonyl (C=O) groups excluding carboxylic acids is 1. The van der Waals surface area contributed by atoms with Crippen LogP contribution >= 0.6 is 0 Å². The van der Waals surface area contributed by atoms with Gasteiger partial charge in [0.25, 0.3) is 0 Å². The summed E-state index contributed by atoms with van der Waals surface area (Å²) in [6.45, 7) is 9.02. The summed E-state index contributed by atoms with van der Waals surface area (Å²) in [5, 5.41) is 3.49. The van der Waals surface area contributed by atoms with E-state index < -0.39 is 0 Å². The summed E-state index contributed by atoms with van der Waals surface area (Å²) in [4.78, 5) is 22.9. The number of guanidine groups is 1. The number of piperidine rings is 1. The maximum atomic E-state index is 12.0. The second-order valence-corrected chi connectivity index (χ2v) is 8.07. The molecule has 30 heavy (non-hydrogen) atoms. The van der Waals surface area contributed by atoms with Crippen molar-refractivity contribution in [3.8, 4) is 0 Å². The average Bonchev–Trinajstić information content (AvgIpc) is 2.77. The van der Waals surface area contributed by atoms with Crippen molar-refractivity contribution in [3.63, 3.8) is 0 Å². The van der Waals surface area contributed by atoms with Gasteiger partial charge in [0.05, 0.1) is 19.3 Å². The van der Waals surface area contributed by atoms with Crippen LogP contribution in [0.2, 0.25) is 0 Å². The number of morpholine rings is 1. The molecule has 2 aliphatic heterocycles. The summed E-state index contributed by atoms with van der Waals surface area (Å²) in [6.07, 6.45) is 4.22. The molecule has 0 saturated carbocycles. The molecule has 0 spiro atoms. The van der Waals surface area contributed by atoms with Gasteiger partial charge in [0.2, 0.25) is 5.91 Å². The Kier molecular flexibility index (Phi) is 12.1. The van der Waals surface area contributed by atoms with Crippen LogP contribution in [0.5, 0.6) is 0 Å². The van der Waals surface area contributed by atoms with E-state index in [9.17, 15) is 4.79 Å². The van der Waals surface area contributed by atoms with Crippen molar-refractivity contribution in [1.29, 1.82) is 0 Å². The lowest BCUT2D eigenvalue weighted by molar-refractivity contribution is -0.127. The fourth-order valence-corrected chi connectivity index (χ4v) is 3.57. The molecule has 0 aromatic carbocycles. The Balaban J connectivity index is 1.77. The van der Waals surface area contributed by atoms with E-state index in [4.69, 9.17) is 14.2 Å². The van der Waals surface area contributed by atoms with E-state index in [2.05, 4.69) is 20.1 Å². The summed E-state index contributed by atoms with van der Waals surface area (Å²) < 4.78 is 16.4. The lowest BCUT2D eigenvalue weighted by Gasteiger charge is -2.34. The van der Waals surface area contributed by atoms with Crippen molar-refractivity contribution in [2.45, 2.75) is 31.8 Å². The Morgan fingerprint density at radius 1 is 1.13 bits per heavy atom. The second kappa shape index (κ2) is 14.6. The molecule has 174 valence electrons. The Morgan fingerprint density at radius 2 is 1.87 bits per heavy atom. The van der Waals surface area contributed by atoms with Gasteiger partial charge in [-0.3, -0.25) is 9.69 Å². The molecular formula is C21H41N5O4. The molecule has 2 saturated heterocycles. The average molecular weight is 428 g/mol. The quantitative estimate of drug-likeness (QED) is 0.288. The molecular weight excluding hydrogens is 386 g/mol. The van der Waals surface area contributed by atoms with Gasteiger partial charge < -0.3 is 29.3 Å². The molecule has 2 aliphatic rings. The van der Waals surface area contributed by atoms with Crippen LogP contribution in [0.4, 0.5) is 0 Å². The van der Waals surface area contributed by atoms with Crippen LogP contribution in [0.1, 0.15) is 25.7 Å². The number of nitrogens with zero attached hydrogens (tertiary/aromatic N) is 4. The molecule has 0 aromatic rings. The fraction of sp³-hybridized carbons (Fsp3) is 0.905. The molecule has 2 fully saturated rings. The maximum Gasteiger partial charge on any atom is 0.243 e. The van der Waals surface area contributed by atoms with Crippen LogP contribution in [-0.4, -0.2) is 126 Å². The number of rotatable bonds is 11. The molecule has 0 aromatic heterocycles. The predicted octanol–water partition coefficient (Wildman–Crippen LogP) is 0.260. The number of carbonyl (C=O) groups is 1. The van der Waals surface area contributed by atoms with Gasteiger partial charge in [-0.25, -0.2) is 4.99 Å². The Hall–Kier alpha value is -1.42. The Morgan fingerprint density at radius 3 is 2.53 bits per heavy atom. The number of nitrogens with one attached hydrogen (secondary N) is 1. The highest BCUT2D eigenvalue weighted by atomic mass is 16.5. The van der Waals surface area contributed by atoms with Gasteiger partial charge >= 0.3 is 0 Å². The van der Waals surface area contributed by atoms with Crippen molar-refractivity contribution in [2.24, 2.45) is 4.99 Å². The zero-order valence-corrected chi connectivity index (χ0v) is 19.1. The molecule has 1 amide bonds. The Labute approximate surface area is 181 Å². The lowest BCUT2D eigenvalue weighted by atomic mass is 10.1. The third-order valence-corrected chi connectivity index (χ3v) is 5.49. The Bertz CT molecular complexity index is 504. The van der Waals surface area contributed by atoms with E-state index in [1.807, 2.05) is 0 Å². The molecule has 0 unspecified atom stereocenters. The first-order chi connectivity index (χ1) is 14.6. The van der Waals surface area contributed by atoms with Gasteiger partial charge in [-0.15, -0.1) is 0 Å². The van der Waals surface area contributed by atoms with Crippen molar-refractivity contribution >= 4 is 11.9 Å². The SMILES string of the molecule is COCCCOC1CCN(C(=NCC(=O)N(C)C)NCCCN2CCOCC2)CC1. The highest BCUT2D eigenvalue weighted by Crippen LogP contribution is 2.14. The molecule has 9 heteroatoms. The first kappa shape index (κ1) is 24.8. The summed E-state index contributed by atoms with van der Waals surface area (Å²) in [5.74, 6) is 0.851. The molecule has 9 nitrogen and oxygen atoms in total. The third-order valence-electron chi connectivity index (χ3n) is 5.49. The summed E-state index contributed by atoms with van der Waals surface area (Å²) in [5.41, 5.74) is 0. The standard InChI is InChI=1S/C21H41N5O4/c1-24(2)20(27)18-23-21(22-8-4-9-25-12-16-29-17-13-25)26-10-6-19(7-11-26)30-15-5-14-28-3/h19H,4-18H2,1-3H3,(H,22,23). The van der Waals surface area contributed by atoms with Gasteiger partial charge in [0.15, 0.2) is 5.96 Å². The van der Waals surface area contributed by atoms with Gasteiger partial charge in [0, 0.05) is 67.1 Å². The number of ether oxygens (including phenoxy) is 3. The molecule has 0 radical (unpaired) electrons. The minimum Gasteiger partial charge on any atom is -0.385 e. The number of hydrogen-bond acceptors (Lipinski definition) is 6. The number of likely N-dealkylation sites (N-methyl/N-ethyl adjacent to an activating group) is 1. The van der Waals surface area contributed by atoms with Gasteiger partial charge in [0.1, 0.15) is 6.54 Å². The van der Waals surface area contributed by atoms with E-state index in [0.717, 1.165) is 97.3 Å². The highest BCUT2D eigenvalue weighted by Gasteiger charge is 2.22. The number of amides is 1. The zero-order chi connectivity index (χ0) is 21.6. The molecule has 2 rings (SSSR count). The summed E-state index contributed by atoms with van der Waals surface area (Å²) in [7, 11) is 5.24. The van der Waals surface area contributed by atoms with E-state index >= 15 is 0 Å². The third kappa shape index (κ3) is 9.59. The number of hydrogen-bond donors (Lipinski definition) is 1. The number of methoxy groups -OCH3 is 1. The van der Waals surface area contributed by atoms with Crippen molar-refractivity contribution in [1.82, 2.24) is 20.0 Å².